The van der Waals surface area contributed by atoms with E-state index in [0.29, 0.717) is 23.5 Å². The van der Waals surface area contributed by atoms with E-state index in [0.717, 1.165) is 11.8 Å². The van der Waals surface area contributed by atoms with Crippen LogP contribution in [0.4, 0.5) is 0 Å². The molecule has 13 heavy (non-hydrogen) atoms. The Morgan fingerprint density at radius 2 is 2.38 bits per heavy atom. The number of thiophene rings is 1. The molecule has 0 radical (unpaired) electrons. The van der Waals surface area contributed by atoms with E-state index in [4.69, 9.17) is 4.74 Å². The molecule has 1 aliphatic rings. The molecule has 0 fully saturated rings. The highest BCUT2D eigenvalue weighted by Gasteiger charge is 2.19. The predicted molar refractivity (Wildman–Crippen MR) is 48.6 cm³/mol. The molecule has 4 heteroatoms. The lowest BCUT2D eigenvalue weighted by molar-refractivity contribution is 0.0788. The number of hydrogen-bond donors (Lipinski definition) is 0. The van der Waals surface area contributed by atoms with Crippen molar-refractivity contribution in [3.05, 3.63) is 21.4 Å². The molecule has 1 aliphatic heterocycles. The SMILES string of the molecule is O=Cc1scc2c1CCOCC2=O. The zero-order chi connectivity index (χ0) is 9.26. The monoisotopic (exact) mass is 196 g/mol. The molecule has 1 aromatic rings. The minimum atomic E-state index is -0.0168. The summed E-state index contributed by atoms with van der Waals surface area (Å²) in [4.78, 5) is 22.7. The van der Waals surface area contributed by atoms with Crippen LogP contribution in [0.1, 0.15) is 25.6 Å². The highest BCUT2D eigenvalue weighted by atomic mass is 32.1. The summed E-state index contributed by atoms with van der Waals surface area (Å²) in [6, 6.07) is 0. The van der Waals surface area contributed by atoms with Gasteiger partial charge < -0.3 is 4.74 Å². The van der Waals surface area contributed by atoms with Crippen LogP contribution in [0, 0.1) is 0 Å². The third kappa shape index (κ3) is 1.43. The van der Waals surface area contributed by atoms with Crippen LogP contribution in [0.25, 0.3) is 0 Å². The van der Waals surface area contributed by atoms with Gasteiger partial charge in [-0.05, 0) is 12.0 Å². The maximum Gasteiger partial charge on any atom is 0.189 e. The quantitative estimate of drug-likeness (QED) is 0.636. The summed E-state index contributed by atoms with van der Waals surface area (Å²) in [6.45, 7) is 0.665. The van der Waals surface area contributed by atoms with E-state index in [9.17, 15) is 9.59 Å². The van der Waals surface area contributed by atoms with Gasteiger partial charge in [-0.15, -0.1) is 11.3 Å². The second kappa shape index (κ2) is 3.40. The molecule has 0 atom stereocenters. The Bertz CT molecular complexity index is 354. The molecule has 0 saturated carbocycles. The Hall–Kier alpha value is -1.00. The normalized spacial score (nSPS) is 16.5. The number of carbonyl (C=O) groups excluding carboxylic acids is 2. The van der Waals surface area contributed by atoms with Crippen molar-refractivity contribution in [1.82, 2.24) is 0 Å². The van der Waals surface area contributed by atoms with E-state index in [1.807, 2.05) is 0 Å². The second-order valence-electron chi connectivity index (χ2n) is 2.84. The maximum atomic E-state index is 11.4. The lowest BCUT2D eigenvalue weighted by Crippen LogP contribution is -2.05. The highest BCUT2D eigenvalue weighted by Crippen LogP contribution is 2.24. The molecule has 3 nitrogen and oxygen atoms in total. The van der Waals surface area contributed by atoms with Crippen molar-refractivity contribution in [3.63, 3.8) is 0 Å². The number of fused-ring (bicyclic) bond motifs is 1. The average molecular weight is 196 g/mol. The molecule has 0 saturated heterocycles. The molecule has 0 N–H and O–H groups in total. The summed E-state index contributed by atoms with van der Waals surface area (Å²) < 4.78 is 5.09. The van der Waals surface area contributed by atoms with Crippen molar-refractivity contribution in [2.75, 3.05) is 13.2 Å². The van der Waals surface area contributed by atoms with Crippen molar-refractivity contribution in [2.24, 2.45) is 0 Å². The highest BCUT2D eigenvalue weighted by molar-refractivity contribution is 7.12. The molecule has 0 amide bonds. The van der Waals surface area contributed by atoms with Crippen molar-refractivity contribution < 1.29 is 14.3 Å². The zero-order valence-corrected chi connectivity index (χ0v) is 7.73. The van der Waals surface area contributed by atoms with E-state index in [1.165, 1.54) is 11.3 Å². The van der Waals surface area contributed by atoms with Gasteiger partial charge in [0.25, 0.3) is 0 Å². The minimum Gasteiger partial charge on any atom is -0.373 e. The van der Waals surface area contributed by atoms with E-state index >= 15 is 0 Å². The Morgan fingerprint density at radius 1 is 1.54 bits per heavy atom. The average Bonchev–Trinajstić information content (AvgIpc) is 2.47. The van der Waals surface area contributed by atoms with Crippen LogP contribution in [0.2, 0.25) is 0 Å². The van der Waals surface area contributed by atoms with Gasteiger partial charge in [0.1, 0.15) is 6.61 Å². The first-order chi connectivity index (χ1) is 6.33. The van der Waals surface area contributed by atoms with E-state index < -0.39 is 0 Å². The Balaban J connectivity index is 2.49. The van der Waals surface area contributed by atoms with Crippen LogP contribution in [0.5, 0.6) is 0 Å². The van der Waals surface area contributed by atoms with Gasteiger partial charge in [-0.2, -0.15) is 0 Å². The summed E-state index contributed by atoms with van der Waals surface area (Å²) in [5.74, 6) is -0.0168. The topological polar surface area (TPSA) is 43.4 Å². The molecule has 0 unspecified atom stereocenters. The van der Waals surface area contributed by atoms with Crippen LogP contribution in [-0.2, 0) is 11.2 Å². The number of rotatable bonds is 1. The third-order valence-electron chi connectivity index (χ3n) is 2.06. The van der Waals surface area contributed by atoms with Crippen LogP contribution < -0.4 is 0 Å². The summed E-state index contributed by atoms with van der Waals surface area (Å²) in [6.07, 6.45) is 1.47. The van der Waals surface area contributed by atoms with E-state index in [2.05, 4.69) is 0 Å². The summed E-state index contributed by atoms with van der Waals surface area (Å²) >= 11 is 1.33. The predicted octanol–water partition coefficient (Wildman–Crippen LogP) is 1.32. The zero-order valence-electron chi connectivity index (χ0n) is 6.91. The second-order valence-corrected chi connectivity index (χ2v) is 3.75. The molecule has 1 aromatic heterocycles. The van der Waals surface area contributed by atoms with Crippen LogP contribution in [0.3, 0.4) is 0 Å². The molecule has 0 spiro atoms. The molecule has 68 valence electrons. The third-order valence-corrected chi connectivity index (χ3v) is 3.01. The standard InChI is InChI=1S/C9H8O3S/c10-3-9-6-1-2-12-4-8(11)7(6)5-13-9/h3,5H,1-2,4H2. The lowest BCUT2D eigenvalue weighted by atomic mass is 10.1. The first-order valence-electron chi connectivity index (χ1n) is 3.99. The first kappa shape index (κ1) is 8.59. The van der Waals surface area contributed by atoms with Gasteiger partial charge in [0.2, 0.25) is 0 Å². The summed E-state index contributed by atoms with van der Waals surface area (Å²) in [5, 5.41) is 1.75. The fraction of sp³-hybridized carbons (Fsp3) is 0.333. The van der Waals surface area contributed by atoms with E-state index in [-0.39, 0.29) is 12.4 Å². The van der Waals surface area contributed by atoms with Gasteiger partial charge in [0.05, 0.1) is 11.5 Å². The number of carbonyl (C=O) groups is 2. The molecule has 0 aliphatic carbocycles. The minimum absolute atomic E-state index is 0.0168. The van der Waals surface area contributed by atoms with Gasteiger partial charge in [0.15, 0.2) is 12.1 Å². The number of aldehydes is 1. The van der Waals surface area contributed by atoms with Gasteiger partial charge >= 0.3 is 0 Å². The molecular weight excluding hydrogens is 188 g/mol. The molecule has 0 aromatic carbocycles. The number of hydrogen-bond acceptors (Lipinski definition) is 4. The van der Waals surface area contributed by atoms with Crippen molar-refractivity contribution >= 4 is 23.4 Å². The Labute approximate surface area is 79.3 Å². The van der Waals surface area contributed by atoms with Gasteiger partial charge in [-0.1, -0.05) is 0 Å². The number of ketones is 1. The summed E-state index contributed by atoms with van der Waals surface area (Å²) in [7, 11) is 0. The van der Waals surface area contributed by atoms with Crippen LogP contribution in [-0.4, -0.2) is 25.3 Å². The fourth-order valence-electron chi connectivity index (χ4n) is 1.41. The van der Waals surface area contributed by atoms with Crippen molar-refractivity contribution in [1.29, 1.82) is 0 Å². The molecule has 0 bridgehead atoms. The largest absolute Gasteiger partial charge is 0.373 e. The van der Waals surface area contributed by atoms with Crippen molar-refractivity contribution in [3.8, 4) is 0 Å². The molecular formula is C9H8O3S. The lowest BCUT2D eigenvalue weighted by Gasteiger charge is -1.95. The fourth-order valence-corrected chi connectivity index (χ4v) is 2.33. The smallest absolute Gasteiger partial charge is 0.189 e. The van der Waals surface area contributed by atoms with Crippen molar-refractivity contribution in [2.45, 2.75) is 6.42 Å². The molecule has 2 heterocycles. The van der Waals surface area contributed by atoms with Crippen LogP contribution in [0.15, 0.2) is 5.38 Å². The van der Waals surface area contributed by atoms with Crippen LogP contribution >= 0.6 is 11.3 Å². The number of ether oxygens (including phenoxy) is 1. The van der Waals surface area contributed by atoms with Gasteiger partial charge in [-0.25, -0.2) is 0 Å². The molecule has 2 rings (SSSR count). The first-order valence-corrected chi connectivity index (χ1v) is 4.87. The van der Waals surface area contributed by atoms with Gasteiger partial charge in [-0.3, -0.25) is 9.59 Å². The Morgan fingerprint density at radius 3 is 3.15 bits per heavy atom. The van der Waals surface area contributed by atoms with Gasteiger partial charge in [0, 0.05) is 10.9 Å². The summed E-state index contributed by atoms with van der Waals surface area (Å²) in [5.41, 5.74) is 1.53. The Kier molecular flexibility index (Phi) is 2.24. The maximum absolute atomic E-state index is 11.4. The number of Topliss-reactive ketones (excluding diaryl/α,β-unsaturated/α-hetero) is 1. The van der Waals surface area contributed by atoms with E-state index in [1.54, 1.807) is 5.38 Å².